The van der Waals surface area contributed by atoms with E-state index in [4.69, 9.17) is 21.1 Å². The molecule has 0 spiro atoms. The zero-order valence-corrected chi connectivity index (χ0v) is 12.9. The second-order valence-electron chi connectivity index (χ2n) is 4.40. The fourth-order valence-electron chi connectivity index (χ4n) is 1.75. The summed E-state index contributed by atoms with van der Waals surface area (Å²) in [6.45, 7) is 3.28. The molecule has 0 atom stereocenters. The van der Waals surface area contributed by atoms with Gasteiger partial charge in [0, 0.05) is 11.6 Å². The van der Waals surface area contributed by atoms with Crippen molar-refractivity contribution in [3.05, 3.63) is 41.2 Å². The van der Waals surface area contributed by atoms with E-state index < -0.39 is 0 Å². The quantitative estimate of drug-likeness (QED) is 0.848. The summed E-state index contributed by atoms with van der Waals surface area (Å²) in [6.07, 6.45) is 2.45. The number of ether oxygens (including phenoxy) is 2. The first-order valence-corrected chi connectivity index (χ1v) is 7.12. The Kier molecular flexibility index (Phi) is 5.63. The number of rotatable bonds is 7. The fourth-order valence-corrected chi connectivity index (χ4v) is 1.87. The minimum atomic E-state index is 0.387. The molecular weight excluding hydrogens is 290 g/mol. The SMILES string of the molecule is CCCNc1ncnc(OCc2ccc(Cl)cc2)c1OC. The second kappa shape index (κ2) is 7.69. The van der Waals surface area contributed by atoms with Crippen LogP contribution in [0.2, 0.25) is 5.02 Å². The highest BCUT2D eigenvalue weighted by molar-refractivity contribution is 6.30. The summed E-state index contributed by atoms with van der Waals surface area (Å²) in [5, 5.41) is 3.88. The van der Waals surface area contributed by atoms with E-state index >= 15 is 0 Å². The lowest BCUT2D eigenvalue weighted by molar-refractivity contribution is 0.272. The molecule has 21 heavy (non-hydrogen) atoms. The van der Waals surface area contributed by atoms with Crippen LogP contribution in [0.3, 0.4) is 0 Å². The lowest BCUT2D eigenvalue weighted by atomic mass is 10.2. The Hall–Kier alpha value is -2.01. The molecule has 0 radical (unpaired) electrons. The van der Waals surface area contributed by atoms with Crippen molar-refractivity contribution in [1.82, 2.24) is 9.97 Å². The molecule has 0 aliphatic rings. The molecule has 0 saturated carbocycles. The van der Waals surface area contributed by atoms with Gasteiger partial charge >= 0.3 is 0 Å². The van der Waals surface area contributed by atoms with Gasteiger partial charge in [-0.05, 0) is 24.1 Å². The molecule has 0 saturated heterocycles. The molecule has 2 rings (SSSR count). The molecule has 1 aromatic carbocycles. The van der Waals surface area contributed by atoms with E-state index in [1.165, 1.54) is 6.33 Å². The van der Waals surface area contributed by atoms with Crippen molar-refractivity contribution in [3.8, 4) is 11.6 Å². The summed E-state index contributed by atoms with van der Waals surface area (Å²) < 4.78 is 11.1. The van der Waals surface area contributed by atoms with E-state index in [0.29, 0.717) is 29.1 Å². The zero-order valence-electron chi connectivity index (χ0n) is 12.1. The third-order valence-electron chi connectivity index (χ3n) is 2.81. The molecule has 1 N–H and O–H groups in total. The van der Waals surface area contributed by atoms with Crippen LogP contribution in [0.4, 0.5) is 5.82 Å². The van der Waals surface area contributed by atoms with E-state index in [0.717, 1.165) is 18.5 Å². The van der Waals surface area contributed by atoms with E-state index in [-0.39, 0.29) is 0 Å². The Bertz CT molecular complexity index is 576. The molecule has 0 fully saturated rings. The van der Waals surface area contributed by atoms with E-state index in [1.54, 1.807) is 7.11 Å². The highest BCUT2D eigenvalue weighted by Crippen LogP contribution is 2.31. The van der Waals surface area contributed by atoms with Gasteiger partial charge in [0.05, 0.1) is 7.11 Å². The first-order chi connectivity index (χ1) is 10.2. The van der Waals surface area contributed by atoms with E-state index in [1.807, 2.05) is 24.3 Å². The van der Waals surface area contributed by atoms with Crippen LogP contribution in [0.25, 0.3) is 0 Å². The average Bonchev–Trinajstić information content (AvgIpc) is 2.52. The van der Waals surface area contributed by atoms with Crippen molar-refractivity contribution in [1.29, 1.82) is 0 Å². The van der Waals surface area contributed by atoms with Crippen LogP contribution in [-0.4, -0.2) is 23.6 Å². The van der Waals surface area contributed by atoms with Gasteiger partial charge < -0.3 is 14.8 Å². The number of aromatic nitrogens is 2. The van der Waals surface area contributed by atoms with Crippen molar-refractivity contribution in [3.63, 3.8) is 0 Å². The van der Waals surface area contributed by atoms with Crippen LogP contribution in [0, 0.1) is 0 Å². The molecule has 1 heterocycles. The standard InChI is InChI=1S/C15H18ClN3O2/c1-3-8-17-14-13(20-2)15(19-10-18-14)21-9-11-4-6-12(16)7-5-11/h4-7,10H,3,8-9H2,1-2H3,(H,17,18,19). The topological polar surface area (TPSA) is 56.3 Å². The highest BCUT2D eigenvalue weighted by Gasteiger charge is 2.13. The zero-order chi connectivity index (χ0) is 15.1. The number of hydrogen-bond acceptors (Lipinski definition) is 5. The molecule has 0 aliphatic carbocycles. The first kappa shape index (κ1) is 15.4. The monoisotopic (exact) mass is 307 g/mol. The summed E-state index contributed by atoms with van der Waals surface area (Å²) >= 11 is 5.86. The Morgan fingerprint density at radius 2 is 1.95 bits per heavy atom. The first-order valence-electron chi connectivity index (χ1n) is 6.74. The van der Waals surface area contributed by atoms with Gasteiger partial charge in [-0.1, -0.05) is 30.7 Å². The van der Waals surface area contributed by atoms with Gasteiger partial charge in [-0.2, -0.15) is 4.98 Å². The maximum atomic E-state index is 5.86. The second-order valence-corrected chi connectivity index (χ2v) is 4.84. The average molecular weight is 308 g/mol. The lowest BCUT2D eigenvalue weighted by Crippen LogP contribution is -2.07. The number of benzene rings is 1. The molecule has 1 aromatic heterocycles. The van der Waals surface area contributed by atoms with E-state index in [9.17, 15) is 0 Å². The summed E-state index contributed by atoms with van der Waals surface area (Å²) in [4.78, 5) is 8.30. The van der Waals surface area contributed by atoms with Gasteiger partial charge in [-0.25, -0.2) is 4.98 Å². The molecule has 5 nitrogen and oxygen atoms in total. The predicted octanol–water partition coefficient (Wildman–Crippen LogP) is 3.54. The van der Waals surface area contributed by atoms with Crippen molar-refractivity contribution < 1.29 is 9.47 Å². The number of anilines is 1. The maximum absolute atomic E-state index is 5.86. The lowest BCUT2D eigenvalue weighted by Gasteiger charge is -2.13. The summed E-state index contributed by atoms with van der Waals surface area (Å²) in [5.74, 6) is 1.57. The van der Waals surface area contributed by atoms with E-state index in [2.05, 4.69) is 22.2 Å². The van der Waals surface area contributed by atoms with Crippen LogP contribution in [-0.2, 0) is 6.61 Å². The third-order valence-corrected chi connectivity index (χ3v) is 3.06. The summed E-state index contributed by atoms with van der Waals surface area (Å²) in [5.41, 5.74) is 1.00. The minimum Gasteiger partial charge on any atom is -0.489 e. The molecule has 0 bridgehead atoms. The molecule has 0 aliphatic heterocycles. The van der Waals surface area contributed by atoms with Gasteiger partial charge in [0.25, 0.3) is 5.88 Å². The van der Waals surface area contributed by atoms with Crippen LogP contribution < -0.4 is 14.8 Å². The van der Waals surface area contributed by atoms with Crippen molar-refractivity contribution in [2.75, 3.05) is 19.0 Å². The van der Waals surface area contributed by atoms with Crippen LogP contribution in [0.15, 0.2) is 30.6 Å². The highest BCUT2D eigenvalue weighted by atomic mass is 35.5. The van der Waals surface area contributed by atoms with Crippen molar-refractivity contribution in [2.45, 2.75) is 20.0 Å². The van der Waals surface area contributed by atoms with Crippen LogP contribution in [0.5, 0.6) is 11.6 Å². The number of halogens is 1. The molecule has 112 valence electrons. The van der Waals surface area contributed by atoms with Gasteiger partial charge in [0.15, 0.2) is 5.82 Å². The Morgan fingerprint density at radius 3 is 2.62 bits per heavy atom. The third kappa shape index (κ3) is 4.23. The Labute approximate surface area is 129 Å². The number of hydrogen-bond donors (Lipinski definition) is 1. The predicted molar refractivity (Wildman–Crippen MR) is 83.1 cm³/mol. The molecule has 6 heteroatoms. The molecule has 0 amide bonds. The smallest absolute Gasteiger partial charge is 0.262 e. The molecule has 0 unspecified atom stereocenters. The Morgan fingerprint density at radius 1 is 1.19 bits per heavy atom. The summed E-state index contributed by atoms with van der Waals surface area (Å²) in [6, 6.07) is 7.47. The maximum Gasteiger partial charge on any atom is 0.262 e. The number of nitrogens with one attached hydrogen (secondary N) is 1. The molecule has 2 aromatic rings. The van der Waals surface area contributed by atoms with Gasteiger partial charge in [0.1, 0.15) is 12.9 Å². The van der Waals surface area contributed by atoms with Gasteiger partial charge in [-0.15, -0.1) is 0 Å². The normalized spacial score (nSPS) is 10.2. The van der Waals surface area contributed by atoms with Gasteiger partial charge in [-0.3, -0.25) is 0 Å². The number of nitrogens with zero attached hydrogens (tertiary/aromatic N) is 2. The Balaban J connectivity index is 2.10. The number of methoxy groups -OCH3 is 1. The van der Waals surface area contributed by atoms with Crippen LogP contribution >= 0.6 is 11.6 Å². The van der Waals surface area contributed by atoms with Crippen LogP contribution in [0.1, 0.15) is 18.9 Å². The molecular formula is C15H18ClN3O2. The fraction of sp³-hybridized carbons (Fsp3) is 0.333. The minimum absolute atomic E-state index is 0.387. The van der Waals surface area contributed by atoms with Crippen molar-refractivity contribution >= 4 is 17.4 Å². The van der Waals surface area contributed by atoms with Crippen molar-refractivity contribution in [2.24, 2.45) is 0 Å². The summed E-state index contributed by atoms with van der Waals surface area (Å²) in [7, 11) is 1.57. The van der Waals surface area contributed by atoms with Gasteiger partial charge in [0.2, 0.25) is 5.75 Å². The largest absolute Gasteiger partial charge is 0.489 e.